The van der Waals surface area contributed by atoms with E-state index in [2.05, 4.69) is 5.32 Å². The van der Waals surface area contributed by atoms with Crippen LogP contribution in [-0.4, -0.2) is 30.8 Å². The van der Waals surface area contributed by atoms with E-state index in [1.54, 1.807) is 0 Å². The number of benzene rings is 1. The van der Waals surface area contributed by atoms with Gasteiger partial charge in [0.2, 0.25) is 0 Å². The molecule has 0 aliphatic heterocycles. The number of anilines is 1. The molecule has 0 saturated carbocycles. The lowest BCUT2D eigenvalue weighted by atomic mass is 10.1. The summed E-state index contributed by atoms with van der Waals surface area (Å²) in [5.41, 5.74) is -0.627. The molecule has 4 nitrogen and oxygen atoms in total. The Hall–Kier alpha value is -1.76. The van der Waals surface area contributed by atoms with Gasteiger partial charge < -0.3 is 15.2 Å². The fraction of sp³-hybridized carbons (Fsp3) is 0.417. The summed E-state index contributed by atoms with van der Waals surface area (Å²) in [6.07, 6.45) is -4.47. The molecule has 1 rings (SSSR count). The average Bonchev–Trinajstić information content (AvgIpc) is 2.29. The van der Waals surface area contributed by atoms with E-state index >= 15 is 0 Å². The summed E-state index contributed by atoms with van der Waals surface area (Å²) in [6.45, 7) is 1.20. The standard InChI is InChI=1S/C12H14F3NO3/c1-7-3-4-8(5-9(7)12(13,14)15)16-10(6-19-2)11(17)18/h3-5,10,16H,6H2,1-2H3,(H,17,18). The topological polar surface area (TPSA) is 58.6 Å². The minimum atomic E-state index is -4.47. The second-order valence-electron chi connectivity index (χ2n) is 4.02. The number of ether oxygens (including phenoxy) is 1. The molecule has 0 amide bonds. The summed E-state index contributed by atoms with van der Waals surface area (Å²) in [5.74, 6) is -1.20. The largest absolute Gasteiger partial charge is 0.480 e. The smallest absolute Gasteiger partial charge is 0.416 e. The van der Waals surface area contributed by atoms with E-state index in [1.165, 1.54) is 26.2 Å². The van der Waals surface area contributed by atoms with E-state index in [0.29, 0.717) is 0 Å². The number of nitrogens with one attached hydrogen (secondary N) is 1. The van der Waals surface area contributed by atoms with Gasteiger partial charge in [-0.2, -0.15) is 13.2 Å². The van der Waals surface area contributed by atoms with E-state index < -0.39 is 23.8 Å². The molecule has 19 heavy (non-hydrogen) atoms. The van der Waals surface area contributed by atoms with Gasteiger partial charge in [0.1, 0.15) is 6.04 Å². The van der Waals surface area contributed by atoms with Crippen LogP contribution in [0.5, 0.6) is 0 Å². The first-order valence-electron chi connectivity index (χ1n) is 5.42. The number of aliphatic carboxylic acids is 1. The molecular formula is C12H14F3NO3. The molecular weight excluding hydrogens is 263 g/mol. The maximum atomic E-state index is 12.7. The van der Waals surface area contributed by atoms with E-state index in [-0.39, 0.29) is 17.9 Å². The Morgan fingerprint density at radius 3 is 2.58 bits per heavy atom. The number of hydrogen-bond donors (Lipinski definition) is 2. The van der Waals surface area contributed by atoms with Gasteiger partial charge in [0.15, 0.2) is 0 Å². The summed E-state index contributed by atoms with van der Waals surface area (Å²) in [7, 11) is 1.31. The van der Waals surface area contributed by atoms with Crippen molar-refractivity contribution >= 4 is 11.7 Å². The Balaban J connectivity index is 2.99. The lowest BCUT2D eigenvalue weighted by molar-refractivity contribution is -0.139. The van der Waals surface area contributed by atoms with Crippen molar-refractivity contribution in [1.29, 1.82) is 0 Å². The van der Waals surface area contributed by atoms with Crippen molar-refractivity contribution in [3.8, 4) is 0 Å². The lowest BCUT2D eigenvalue weighted by Crippen LogP contribution is -2.33. The highest BCUT2D eigenvalue weighted by molar-refractivity contribution is 5.77. The van der Waals surface area contributed by atoms with Crippen molar-refractivity contribution in [1.82, 2.24) is 0 Å². The molecule has 0 spiro atoms. The molecule has 0 bridgehead atoms. The minimum Gasteiger partial charge on any atom is -0.480 e. The highest BCUT2D eigenvalue weighted by Gasteiger charge is 2.32. The zero-order chi connectivity index (χ0) is 14.6. The fourth-order valence-corrected chi connectivity index (χ4v) is 1.56. The first-order chi connectivity index (χ1) is 8.75. The highest BCUT2D eigenvalue weighted by atomic mass is 19.4. The number of carboxylic acids is 1. The Morgan fingerprint density at radius 2 is 2.11 bits per heavy atom. The average molecular weight is 277 g/mol. The third kappa shape index (κ3) is 4.13. The first kappa shape index (κ1) is 15.3. The van der Waals surface area contributed by atoms with Crippen LogP contribution in [0.15, 0.2) is 18.2 Å². The molecule has 0 radical (unpaired) electrons. The SMILES string of the molecule is COCC(Nc1ccc(C)c(C(F)(F)F)c1)C(=O)O. The van der Waals surface area contributed by atoms with Gasteiger partial charge >= 0.3 is 12.1 Å². The molecule has 1 atom stereocenters. The molecule has 1 aromatic carbocycles. The zero-order valence-electron chi connectivity index (χ0n) is 10.4. The zero-order valence-corrected chi connectivity index (χ0v) is 10.4. The third-order valence-electron chi connectivity index (χ3n) is 2.52. The minimum absolute atomic E-state index is 0.0802. The summed E-state index contributed by atoms with van der Waals surface area (Å²) in [6, 6.07) is 2.47. The summed E-state index contributed by atoms with van der Waals surface area (Å²) in [5, 5.41) is 11.4. The van der Waals surface area contributed by atoms with Crippen molar-refractivity contribution in [2.24, 2.45) is 0 Å². The number of hydrogen-bond acceptors (Lipinski definition) is 3. The predicted molar refractivity (Wildman–Crippen MR) is 63.1 cm³/mol. The number of aryl methyl sites for hydroxylation is 1. The molecule has 0 aromatic heterocycles. The number of halogens is 3. The molecule has 106 valence electrons. The predicted octanol–water partition coefficient (Wildman–Crippen LogP) is 2.53. The van der Waals surface area contributed by atoms with E-state index in [9.17, 15) is 18.0 Å². The molecule has 0 fully saturated rings. The van der Waals surface area contributed by atoms with Crippen LogP contribution in [0.25, 0.3) is 0 Å². The fourth-order valence-electron chi connectivity index (χ4n) is 1.56. The summed E-state index contributed by atoms with van der Waals surface area (Å²) in [4.78, 5) is 10.9. The van der Waals surface area contributed by atoms with Gasteiger partial charge in [-0.3, -0.25) is 0 Å². The molecule has 0 saturated heterocycles. The van der Waals surface area contributed by atoms with Crippen LogP contribution in [0.4, 0.5) is 18.9 Å². The van der Waals surface area contributed by atoms with Crippen molar-refractivity contribution in [3.63, 3.8) is 0 Å². The third-order valence-corrected chi connectivity index (χ3v) is 2.52. The van der Waals surface area contributed by atoms with Crippen LogP contribution in [0.3, 0.4) is 0 Å². The number of carboxylic acid groups (broad SMARTS) is 1. The summed E-state index contributed by atoms with van der Waals surface area (Å²) >= 11 is 0. The van der Waals surface area contributed by atoms with Crippen molar-refractivity contribution < 1.29 is 27.8 Å². The van der Waals surface area contributed by atoms with Gasteiger partial charge in [-0.25, -0.2) is 4.79 Å². The van der Waals surface area contributed by atoms with Crippen molar-refractivity contribution in [2.45, 2.75) is 19.1 Å². The highest BCUT2D eigenvalue weighted by Crippen LogP contribution is 2.33. The number of methoxy groups -OCH3 is 1. The first-order valence-corrected chi connectivity index (χ1v) is 5.42. The Morgan fingerprint density at radius 1 is 1.47 bits per heavy atom. The molecule has 7 heteroatoms. The van der Waals surface area contributed by atoms with Crippen LogP contribution >= 0.6 is 0 Å². The van der Waals surface area contributed by atoms with Crippen LogP contribution in [0.1, 0.15) is 11.1 Å². The monoisotopic (exact) mass is 277 g/mol. The van der Waals surface area contributed by atoms with Crippen molar-refractivity contribution in [2.75, 3.05) is 19.0 Å². The van der Waals surface area contributed by atoms with Gasteiger partial charge in [-0.15, -0.1) is 0 Å². The van der Waals surface area contributed by atoms with E-state index in [1.807, 2.05) is 0 Å². The maximum Gasteiger partial charge on any atom is 0.416 e. The number of carbonyl (C=O) groups is 1. The Labute approximate surface area is 108 Å². The van der Waals surface area contributed by atoms with Gasteiger partial charge in [0, 0.05) is 12.8 Å². The van der Waals surface area contributed by atoms with Crippen LogP contribution in [0, 0.1) is 6.92 Å². The van der Waals surface area contributed by atoms with Crippen LogP contribution < -0.4 is 5.32 Å². The van der Waals surface area contributed by atoms with E-state index in [4.69, 9.17) is 9.84 Å². The van der Waals surface area contributed by atoms with Gasteiger partial charge in [0.25, 0.3) is 0 Å². The lowest BCUT2D eigenvalue weighted by Gasteiger charge is -2.17. The van der Waals surface area contributed by atoms with Crippen molar-refractivity contribution in [3.05, 3.63) is 29.3 Å². The molecule has 1 aromatic rings. The number of alkyl halides is 3. The Kier molecular flexibility index (Phi) is 4.77. The second-order valence-corrected chi connectivity index (χ2v) is 4.02. The normalized spacial score (nSPS) is 13.1. The van der Waals surface area contributed by atoms with E-state index in [0.717, 1.165) is 6.07 Å². The van der Waals surface area contributed by atoms with Crippen LogP contribution in [0.2, 0.25) is 0 Å². The molecule has 0 aliphatic carbocycles. The number of rotatable bonds is 5. The molecule has 0 heterocycles. The molecule has 1 unspecified atom stereocenters. The summed E-state index contributed by atoms with van der Waals surface area (Å²) < 4.78 is 42.8. The molecule has 2 N–H and O–H groups in total. The quantitative estimate of drug-likeness (QED) is 0.868. The maximum absolute atomic E-state index is 12.7. The van der Waals surface area contributed by atoms with Gasteiger partial charge in [-0.05, 0) is 24.6 Å². The van der Waals surface area contributed by atoms with Crippen LogP contribution in [-0.2, 0) is 15.7 Å². The van der Waals surface area contributed by atoms with Gasteiger partial charge in [0.05, 0.1) is 12.2 Å². The van der Waals surface area contributed by atoms with Gasteiger partial charge in [-0.1, -0.05) is 6.07 Å². The Bertz CT molecular complexity index is 460. The molecule has 0 aliphatic rings. The second kappa shape index (κ2) is 5.92.